The number of hydrogen-bond acceptors (Lipinski definition) is 4. The highest BCUT2D eigenvalue weighted by Crippen LogP contribution is 2.39. The number of aromatic nitrogens is 2. The molecule has 0 spiro atoms. The topological polar surface area (TPSA) is 46.6 Å². The number of furan rings is 1. The molecule has 2 aromatic heterocycles. The molecule has 3 heterocycles. The molecule has 6 rings (SSSR count). The molecule has 5 aromatic rings. The van der Waals surface area contributed by atoms with Crippen molar-refractivity contribution < 1.29 is 9.32 Å². The van der Waals surface area contributed by atoms with Crippen molar-refractivity contribution in [2.45, 2.75) is 33.9 Å². The first-order valence-corrected chi connectivity index (χ1v) is 11.0. The fourth-order valence-corrected chi connectivity index (χ4v) is 5.19. The maximum atomic E-state index is 6.43. The lowest BCUT2D eigenvalue weighted by Gasteiger charge is -2.25. The number of para-hydroxylation sites is 1. The van der Waals surface area contributed by atoms with E-state index < -0.39 is 0 Å². The van der Waals surface area contributed by atoms with Gasteiger partial charge in [-0.2, -0.15) is 4.98 Å². The molecule has 158 valence electrons. The molecule has 5 nitrogen and oxygen atoms in total. The molecule has 2 unspecified atom stereocenters. The molecule has 0 bridgehead atoms. The average Bonchev–Trinajstić information content (AvgIpc) is 3.28. The summed E-state index contributed by atoms with van der Waals surface area (Å²) in [5, 5.41) is 2.27. The Hall–Kier alpha value is -3.70. The van der Waals surface area contributed by atoms with Gasteiger partial charge in [-0.15, -0.1) is 0 Å². The molecule has 5 heteroatoms. The van der Waals surface area contributed by atoms with E-state index in [2.05, 4.69) is 75.1 Å². The Morgan fingerprint density at radius 3 is 2.44 bits per heavy atom. The van der Waals surface area contributed by atoms with Crippen LogP contribution >= 0.6 is 0 Å². The minimum atomic E-state index is 0.0612. The molecule has 0 radical (unpaired) electrons. The summed E-state index contributed by atoms with van der Waals surface area (Å²) in [5.74, 6) is 1.82. The second-order valence-electron chi connectivity index (χ2n) is 8.77. The maximum Gasteiger partial charge on any atom is 0.277 e. The predicted octanol–water partition coefficient (Wildman–Crippen LogP) is 5.65. The molecule has 0 saturated heterocycles. The van der Waals surface area contributed by atoms with Gasteiger partial charge in [0.25, 0.3) is 5.82 Å². The predicted molar refractivity (Wildman–Crippen MR) is 128 cm³/mol. The molecular formula is C27H25N4O+. The van der Waals surface area contributed by atoms with Crippen molar-refractivity contribution in [1.29, 1.82) is 0 Å². The first kappa shape index (κ1) is 19.0. The fraction of sp³-hybridized carbons (Fsp3) is 0.185. The third kappa shape index (κ3) is 2.68. The summed E-state index contributed by atoms with van der Waals surface area (Å²) in [6, 6.07) is 19.2. The summed E-state index contributed by atoms with van der Waals surface area (Å²) in [6.45, 7) is 8.66. The lowest BCUT2D eigenvalue weighted by molar-refractivity contribution is -0.782. The first-order valence-electron chi connectivity index (χ1n) is 11.0. The van der Waals surface area contributed by atoms with Gasteiger partial charge < -0.3 is 4.42 Å². The fourth-order valence-electron chi connectivity index (χ4n) is 5.19. The highest BCUT2D eigenvalue weighted by Gasteiger charge is 2.44. The van der Waals surface area contributed by atoms with Gasteiger partial charge >= 0.3 is 0 Å². The molecule has 0 fully saturated rings. The molecule has 32 heavy (non-hydrogen) atoms. The van der Waals surface area contributed by atoms with Gasteiger partial charge in [0.2, 0.25) is 5.82 Å². The van der Waals surface area contributed by atoms with E-state index >= 15 is 0 Å². The van der Waals surface area contributed by atoms with Crippen LogP contribution in [-0.4, -0.2) is 16.1 Å². The number of rotatable bonds is 2. The number of fused-ring (bicyclic) bond motifs is 4. The number of quaternary nitrogens is 1. The van der Waals surface area contributed by atoms with Crippen molar-refractivity contribution in [3.63, 3.8) is 0 Å². The Bertz CT molecular complexity index is 1480. The minimum absolute atomic E-state index is 0.0612. The Morgan fingerprint density at radius 2 is 1.62 bits per heavy atom. The van der Waals surface area contributed by atoms with Crippen LogP contribution in [-0.2, 0) is 0 Å². The number of hydrogen-bond donors (Lipinski definition) is 1. The first-order chi connectivity index (χ1) is 15.5. The minimum Gasteiger partial charge on any atom is -0.450 e. The highest BCUT2D eigenvalue weighted by molar-refractivity contribution is 6.08. The average molecular weight is 422 g/mol. The van der Waals surface area contributed by atoms with Crippen LogP contribution in [0.25, 0.3) is 21.9 Å². The van der Waals surface area contributed by atoms with Crippen molar-refractivity contribution >= 4 is 44.9 Å². The Labute approximate surface area is 186 Å². The van der Waals surface area contributed by atoms with Crippen LogP contribution in [0.2, 0.25) is 0 Å². The normalized spacial score (nSPS) is 17.9. The molecule has 1 N–H and O–H groups in total. The maximum absolute atomic E-state index is 6.43. The van der Waals surface area contributed by atoms with Crippen molar-refractivity contribution in [2.24, 2.45) is 0 Å². The number of aryl methyl sites for hydroxylation is 3. The monoisotopic (exact) mass is 421 g/mol. The number of anilines is 2. The van der Waals surface area contributed by atoms with Gasteiger partial charge in [-0.05, 0) is 56.2 Å². The van der Waals surface area contributed by atoms with Crippen molar-refractivity contribution in [3.05, 3.63) is 83.7 Å². The quantitative estimate of drug-likeness (QED) is 0.400. The smallest absolute Gasteiger partial charge is 0.277 e. The third-order valence-electron chi connectivity index (χ3n) is 6.48. The Morgan fingerprint density at radius 1 is 0.875 bits per heavy atom. The van der Waals surface area contributed by atoms with Crippen LogP contribution in [0.5, 0.6) is 0 Å². The summed E-state index contributed by atoms with van der Waals surface area (Å²) < 4.78 is 6.43. The van der Waals surface area contributed by atoms with Crippen LogP contribution in [0.15, 0.2) is 71.4 Å². The highest BCUT2D eigenvalue weighted by atomic mass is 16.3. The van der Waals surface area contributed by atoms with E-state index in [1.165, 1.54) is 16.7 Å². The van der Waals surface area contributed by atoms with E-state index in [1.54, 1.807) is 12.4 Å². The molecule has 0 saturated carbocycles. The summed E-state index contributed by atoms with van der Waals surface area (Å²) in [4.78, 5) is 13.0. The molecule has 0 amide bonds. The zero-order valence-electron chi connectivity index (χ0n) is 18.7. The molecular weight excluding hydrogens is 396 g/mol. The standard InChI is InChI=1S/C27H24N4O/c1-16-13-17(2)15-20(14-16)30-19(4)31(27-26(30)28-11-12-29-27)24-18(3)9-10-22-21-7-5-6-8-23(21)32-25(22)24/h5-15,19H,1-4H3/p+1. The van der Waals surface area contributed by atoms with E-state index in [-0.39, 0.29) is 6.17 Å². The summed E-state index contributed by atoms with van der Waals surface area (Å²) >= 11 is 0. The van der Waals surface area contributed by atoms with E-state index in [0.717, 1.165) is 49.8 Å². The Kier molecular flexibility index (Phi) is 4.10. The van der Waals surface area contributed by atoms with Crippen LogP contribution in [0, 0.1) is 20.8 Å². The van der Waals surface area contributed by atoms with E-state index in [0.29, 0.717) is 0 Å². The van der Waals surface area contributed by atoms with Crippen LogP contribution < -0.4 is 9.80 Å². The van der Waals surface area contributed by atoms with E-state index in [9.17, 15) is 0 Å². The SMILES string of the molecule is Cc1cc(C)cc(N2c3nccnc3[NH+](c3c(C)ccc4c3oc3ccccc34)C2C)c1. The number of nitrogens with one attached hydrogen (secondary N) is 1. The van der Waals surface area contributed by atoms with E-state index in [4.69, 9.17) is 14.4 Å². The molecule has 2 atom stereocenters. The second kappa shape index (κ2) is 6.90. The summed E-state index contributed by atoms with van der Waals surface area (Å²) in [6.07, 6.45) is 3.62. The summed E-state index contributed by atoms with van der Waals surface area (Å²) in [7, 11) is 0. The molecule has 1 aliphatic heterocycles. The third-order valence-corrected chi connectivity index (χ3v) is 6.48. The lowest BCUT2D eigenvalue weighted by Crippen LogP contribution is -3.06. The van der Waals surface area contributed by atoms with Crippen LogP contribution in [0.1, 0.15) is 23.6 Å². The second-order valence-corrected chi connectivity index (χ2v) is 8.77. The zero-order valence-corrected chi connectivity index (χ0v) is 18.7. The van der Waals surface area contributed by atoms with Crippen LogP contribution in [0.3, 0.4) is 0 Å². The number of nitrogens with zero attached hydrogens (tertiary/aromatic N) is 3. The van der Waals surface area contributed by atoms with Gasteiger partial charge in [-0.1, -0.05) is 30.3 Å². The van der Waals surface area contributed by atoms with Gasteiger partial charge in [-0.3, -0.25) is 4.90 Å². The molecule has 1 aliphatic rings. The molecule has 0 aliphatic carbocycles. The Balaban J connectivity index is 1.61. The van der Waals surface area contributed by atoms with Gasteiger partial charge in [-0.25, -0.2) is 9.88 Å². The van der Waals surface area contributed by atoms with Crippen molar-refractivity contribution in [1.82, 2.24) is 9.97 Å². The lowest BCUT2D eigenvalue weighted by atomic mass is 10.1. The summed E-state index contributed by atoms with van der Waals surface area (Å²) in [5.41, 5.74) is 7.75. The van der Waals surface area contributed by atoms with Crippen molar-refractivity contribution in [3.8, 4) is 0 Å². The van der Waals surface area contributed by atoms with Gasteiger partial charge in [0.05, 0.1) is 6.20 Å². The van der Waals surface area contributed by atoms with Gasteiger partial charge in [0.15, 0.2) is 17.4 Å². The largest absolute Gasteiger partial charge is 0.450 e. The van der Waals surface area contributed by atoms with Gasteiger partial charge in [0.1, 0.15) is 5.58 Å². The van der Waals surface area contributed by atoms with Crippen molar-refractivity contribution in [2.75, 3.05) is 4.90 Å². The van der Waals surface area contributed by atoms with E-state index in [1.807, 2.05) is 12.1 Å². The zero-order chi connectivity index (χ0) is 22.0. The van der Waals surface area contributed by atoms with Gasteiger partial charge in [0, 0.05) is 35.1 Å². The number of benzene rings is 3. The van der Waals surface area contributed by atoms with Crippen LogP contribution in [0.4, 0.5) is 23.0 Å². The molecule has 3 aromatic carbocycles.